The standard InChI is InChI=1S/C15H21BrN2O2S/c1-11-6-7-18(10-11)21(19,20)15-8-12(2-5-14(15)16)9-17-13-3-4-13/h2,5,8,11,13,17H,3-4,6-7,9-10H2,1H3. The Balaban J connectivity index is 1.83. The third kappa shape index (κ3) is 3.50. The molecule has 1 N–H and O–H groups in total. The molecule has 116 valence electrons. The van der Waals surface area contributed by atoms with Crippen LogP contribution in [-0.2, 0) is 16.6 Å². The predicted octanol–water partition coefficient (Wildman–Crippen LogP) is 2.73. The van der Waals surface area contributed by atoms with Crippen molar-refractivity contribution in [3.8, 4) is 0 Å². The molecular weight excluding hydrogens is 352 g/mol. The van der Waals surface area contributed by atoms with Gasteiger partial charge in [0.2, 0.25) is 10.0 Å². The lowest BCUT2D eigenvalue weighted by atomic mass is 10.2. The maximum atomic E-state index is 12.8. The molecule has 0 radical (unpaired) electrons. The van der Waals surface area contributed by atoms with Crippen LogP contribution in [0.4, 0.5) is 0 Å². The van der Waals surface area contributed by atoms with Gasteiger partial charge >= 0.3 is 0 Å². The minimum atomic E-state index is -3.39. The van der Waals surface area contributed by atoms with Crippen LogP contribution >= 0.6 is 15.9 Å². The van der Waals surface area contributed by atoms with Crippen LogP contribution < -0.4 is 5.32 Å². The Kier molecular flexibility index (Phi) is 4.41. The van der Waals surface area contributed by atoms with Crippen LogP contribution in [0.1, 0.15) is 31.7 Å². The van der Waals surface area contributed by atoms with E-state index in [1.165, 1.54) is 12.8 Å². The van der Waals surface area contributed by atoms with Gasteiger partial charge in [0.15, 0.2) is 0 Å². The summed E-state index contributed by atoms with van der Waals surface area (Å²) in [5, 5.41) is 3.42. The zero-order chi connectivity index (χ0) is 15.0. The molecule has 6 heteroatoms. The smallest absolute Gasteiger partial charge is 0.244 e. The Hall–Kier alpha value is -0.430. The summed E-state index contributed by atoms with van der Waals surface area (Å²) in [7, 11) is -3.39. The highest BCUT2D eigenvalue weighted by molar-refractivity contribution is 9.10. The number of benzene rings is 1. The van der Waals surface area contributed by atoms with Crippen LogP contribution in [0.3, 0.4) is 0 Å². The molecule has 1 aliphatic carbocycles. The van der Waals surface area contributed by atoms with Crippen molar-refractivity contribution in [2.24, 2.45) is 5.92 Å². The Morgan fingerprint density at radius 2 is 2.10 bits per heavy atom. The van der Waals surface area contributed by atoms with Crippen molar-refractivity contribution in [2.75, 3.05) is 13.1 Å². The van der Waals surface area contributed by atoms with Gasteiger partial charge < -0.3 is 5.32 Å². The molecule has 0 bridgehead atoms. The third-order valence-electron chi connectivity index (χ3n) is 4.17. The van der Waals surface area contributed by atoms with E-state index in [4.69, 9.17) is 0 Å². The third-order valence-corrected chi connectivity index (χ3v) is 7.03. The number of rotatable bonds is 5. The number of hydrogen-bond acceptors (Lipinski definition) is 3. The van der Waals surface area contributed by atoms with Gasteiger partial charge in [-0.1, -0.05) is 13.0 Å². The zero-order valence-electron chi connectivity index (χ0n) is 12.2. The number of nitrogens with zero attached hydrogens (tertiary/aromatic N) is 1. The van der Waals surface area contributed by atoms with Gasteiger partial charge in [0.05, 0.1) is 4.90 Å². The summed E-state index contributed by atoms with van der Waals surface area (Å²) in [6, 6.07) is 6.24. The van der Waals surface area contributed by atoms with Gasteiger partial charge in [-0.2, -0.15) is 4.31 Å². The lowest BCUT2D eigenvalue weighted by Crippen LogP contribution is -2.29. The van der Waals surface area contributed by atoms with E-state index in [1.807, 2.05) is 12.1 Å². The van der Waals surface area contributed by atoms with Gasteiger partial charge in [0.1, 0.15) is 0 Å². The maximum Gasteiger partial charge on any atom is 0.244 e. The first-order chi connectivity index (χ1) is 9.96. The largest absolute Gasteiger partial charge is 0.310 e. The fourth-order valence-corrected chi connectivity index (χ4v) is 5.21. The molecule has 1 heterocycles. The molecule has 21 heavy (non-hydrogen) atoms. The molecule has 1 saturated carbocycles. The quantitative estimate of drug-likeness (QED) is 0.864. The summed E-state index contributed by atoms with van der Waals surface area (Å²) >= 11 is 3.39. The summed E-state index contributed by atoms with van der Waals surface area (Å²) in [4.78, 5) is 0.395. The summed E-state index contributed by atoms with van der Waals surface area (Å²) in [5.41, 5.74) is 1.02. The van der Waals surface area contributed by atoms with Crippen LogP contribution in [-0.4, -0.2) is 31.9 Å². The minimum Gasteiger partial charge on any atom is -0.310 e. The lowest BCUT2D eigenvalue weighted by molar-refractivity contribution is 0.464. The number of halogens is 1. The first kappa shape index (κ1) is 15.5. The highest BCUT2D eigenvalue weighted by Crippen LogP contribution is 2.30. The van der Waals surface area contributed by atoms with E-state index in [-0.39, 0.29) is 0 Å². The van der Waals surface area contributed by atoms with Crippen molar-refractivity contribution in [3.05, 3.63) is 28.2 Å². The maximum absolute atomic E-state index is 12.8. The number of nitrogens with one attached hydrogen (secondary N) is 1. The van der Waals surface area contributed by atoms with Gasteiger partial charge in [-0.3, -0.25) is 0 Å². The lowest BCUT2D eigenvalue weighted by Gasteiger charge is -2.18. The average Bonchev–Trinajstić information content (AvgIpc) is 3.17. The van der Waals surface area contributed by atoms with Gasteiger partial charge in [0, 0.05) is 30.1 Å². The minimum absolute atomic E-state index is 0.395. The Bertz CT molecular complexity index is 629. The highest BCUT2D eigenvalue weighted by atomic mass is 79.9. The van der Waals surface area contributed by atoms with Crippen molar-refractivity contribution in [1.82, 2.24) is 9.62 Å². The molecule has 1 aromatic carbocycles. The molecule has 0 spiro atoms. The fraction of sp³-hybridized carbons (Fsp3) is 0.600. The van der Waals surface area contributed by atoms with Crippen LogP contribution in [0.25, 0.3) is 0 Å². The summed E-state index contributed by atoms with van der Waals surface area (Å²) in [5.74, 6) is 0.443. The molecule has 0 amide bonds. The average molecular weight is 373 g/mol. The van der Waals surface area contributed by atoms with E-state index in [0.29, 0.717) is 34.4 Å². The Morgan fingerprint density at radius 3 is 2.71 bits per heavy atom. The second-order valence-electron chi connectivity index (χ2n) is 6.18. The van der Waals surface area contributed by atoms with Crippen LogP contribution in [0.15, 0.2) is 27.6 Å². The van der Waals surface area contributed by atoms with E-state index >= 15 is 0 Å². The Morgan fingerprint density at radius 1 is 1.33 bits per heavy atom. The molecule has 1 saturated heterocycles. The number of sulfonamides is 1. The molecule has 2 fully saturated rings. The van der Waals surface area contributed by atoms with Gasteiger partial charge in [-0.05, 0) is 58.8 Å². The van der Waals surface area contributed by atoms with Crippen molar-refractivity contribution >= 4 is 26.0 Å². The van der Waals surface area contributed by atoms with E-state index in [1.54, 1.807) is 10.4 Å². The van der Waals surface area contributed by atoms with E-state index in [0.717, 1.165) is 18.5 Å². The molecular formula is C15H21BrN2O2S. The van der Waals surface area contributed by atoms with Crippen LogP contribution in [0.5, 0.6) is 0 Å². The topological polar surface area (TPSA) is 49.4 Å². The highest BCUT2D eigenvalue weighted by Gasteiger charge is 2.32. The molecule has 2 aliphatic rings. The van der Waals surface area contributed by atoms with E-state index in [2.05, 4.69) is 28.2 Å². The van der Waals surface area contributed by atoms with E-state index < -0.39 is 10.0 Å². The normalized spacial score (nSPS) is 23.6. The first-order valence-corrected chi connectivity index (χ1v) is 9.72. The van der Waals surface area contributed by atoms with Crippen molar-refractivity contribution in [3.63, 3.8) is 0 Å². The molecule has 1 unspecified atom stereocenters. The SMILES string of the molecule is CC1CCN(S(=O)(=O)c2cc(CNC3CC3)ccc2Br)C1. The first-order valence-electron chi connectivity index (χ1n) is 7.49. The zero-order valence-corrected chi connectivity index (χ0v) is 14.6. The predicted molar refractivity (Wildman–Crippen MR) is 86.5 cm³/mol. The molecule has 0 aromatic heterocycles. The van der Waals surface area contributed by atoms with Gasteiger partial charge in [0.25, 0.3) is 0 Å². The molecule has 1 aliphatic heterocycles. The summed E-state index contributed by atoms with van der Waals surface area (Å²) in [6.45, 7) is 4.08. The van der Waals surface area contributed by atoms with Gasteiger partial charge in [-0.15, -0.1) is 0 Å². The Labute approximate surface area is 135 Å². The summed E-state index contributed by atoms with van der Waals surface area (Å²) in [6.07, 6.45) is 3.40. The number of hydrogen-bond donors (Lipinski definition) is 1. The second kappa shape index (κ2) is 5.99. The monoisotopic (exact) mass is 372 g/mol. The molecule has 4 nitrogen and oxygen atoms in total. The van der Waals surface area contributed by atoms with E-state index in [9.17, 15) is 8.42 Å². The van der Waals surface area contributed by atoms with Crippen molar-refractivity contribution in [2.45, 2.75) is 43.7 Å². The fourth-order valence-electron chi connectivity index (χ4n) is 2.66. The van der Waals surface area contributed by atoms with Crippen molar-refractivity contribution < 1.29 is 8.42 Å². The molecule has 1 atom stereocenters. The summed E-state index contributed by atoms with van der Waals surface area (Å²) < 4.78 is 27.8. The molecule has 1 aromatic rings. The van der Waals surface area contributed by atoms with Gasteiger partial charge in [-0.25, -0.2) is 8.42 Å². The second-order valence-corrected chi connectivity index (χ2v) is 8.94. The van der Waals surface area contributed by atoms with Crippen LogP contribution in [0.2, 0.25) is 0 Å². The van der Waals surface area contributed by atoms with Crippen molar-refractivity contribution in [1.29, 1.82) is 0 Å². The molecule has 3 rings (SSSR count). The van der Waals surface area contributed by atoms with Crippen LogP contribution in [0, 0.1) is 5.92 Å².